The number of hydrogen-bond donors (Lipinski definition) is 1. The van der Waals surface area contributed by atoms with E-state index in [2.05, 4.69) is 49.0 Å². The summed E-state index contributed by atoms with van der Waals surface area (Å²) in [5.41, 5.74) is 1.96. The SMILES string of the molecule is CCn1cccc1CNC1CCC(C)(C)C1. The van der Waals surface area contributed by atoms with Crippen molar-refractivity contribution in [1.29, 1.82) is 0 Å². The molecule has 0 radical (unpaired) electrons. The Bertz CT molecular complexity index is 338. The Hall–Kier alpha value is -0.760. The first kappa shape index (κ1) is 11.7. The van der Waals surface area contributed by atoms with Crippen LogP contribution in [0.25, 0.3) is 0 Å². The Morgan fingerprint density at radius 3 is 2.94 bits per heavy atom. The van der Waals surface area contributed by atoms with Gasteiger partial charge >= 0.3 is 0 Å². The first-order chi connectivity index (χ1) is 7.61. The van der Waals surface area contributed by atoms with Crippen LogP contribution in [0.1, 0.15) is 45.7 Å². The first-order valence-corrected chi connectivity index (χ1v) is 6.48. The van der Waals surface area contributed by atoms with Crippen molar-refractivity contribution < 1.29 is 0 Å². The molecular formula is C14H24N2. The van der Waals surface area contributed by atoms with Crippen LogP contribution in [-0.4, -0.2) is 10.6 Å². The minimum Gasteiger partial charge on any atom is -0.351 e. The zero-order valence-corrected chi connectivity index (χ0v) is 10.8. The van der Waals surface area contributed by atoms with Crippen LogP contribution < -0.4 is 5.32 Å². The molecule has 0 aromatic carbocycles. The van der Waals surface area contributed by atoms with Crippen LogP contribution in [0.3, 0.4) is 0 Å². The van der Waals surface area contributed by atoms with Gasteiger partial charge in [0, 0.05) is 31.0 Å². The van der Waals surface area contributed by atoms with Crippen LogP contribution in [0, 0.1) is 5.41 Å². The maximum absolute atomic E-state index is 3.69. The van der Waals surface area contributed by atoms with Gasteiger partial charge in [0.25, 0.3) is 0 Å². The van der Waals surface area contributed by atoms with Crippen molar-refractivity contribution in [2.45, 2.75) is 59.2 Å². The summed E-state index contributed by atoms with van der Waals surface area (Å²) in [5.74, 6) is 0. The maximum Gasteiger partial charge on any atom is 0.0361 e. The molecule has 2 nitrogen and oxygen atoms in total. The molecule has 0 saturated heterocycles. The molecule has 16 heavy (non-hydrogen) atoms. The Morgan fingerprint density at radius 1 is 1.50 bits per heavy atom. The third-order valence-corrected chi connectivity index (χ3v) is 3.80. The molecule has 0 spiro atoms. The number of aryl methyl sites for hydroxylation is 1. The van der Waals surface area contributed by atoms with Crippen LogP contribution in [0.15, 0.2) is 18.3 Å². The quantitative estimate of drug-likeness (QED) is 0.824. The molecule has 1 fully saturated rings. The van der Waals surface area contributed by atoms with E-state index in [0.29, 0.717) is 5.41 Å². The second-order valence-corrected chi connectivity index (χ2v) is 5.77. The lowest BCUT2D eigenvalue weighted by atomic mass is 9.92. The molecule has 1 saturated carbocycles. The van der Waals surface area contributed by atoms with Crippen LogP contribution in [0.5, 0.6) is 0 Å². The topological polar surface area (TPSA) is 17.0 Å². The molecule has 1 unspecified atom stereocenters. The molecule has 1 heterocycles. The smallest absolute Gasteiger partial charge is 0.0361 e. The Morgan fingerprint density at radius 2 is 2.31 bits per heavy atom. The molecule has 1 aliphatic carbocycles. The second-order valence-electron chi connectivity index (χ2n) is 5.77. The highest BCUT2D eigenvalue weighted by atomic mass is 15.0. The Kier molecular flexibility index (Phi) is 3.38. The van der Waals surface area contributed by atoms with Gasteiger partial charge in [-0.2, -0.15) is 0 Å². The van der Waals surface area contributed by atoms with Crippen LogP contribution in [-0.2, 0) is 13.1 Å². The third kappa shape index (κ3) is 2.67. The minimum absolute atomic E-state index is 0.546. The summed E-state index contributed by atoms with van der Waals surface area (Å²) in [6, 6.07) is 5.07. The van der Waals surface area contributed by atoms with Gasteiger partial charge in [-0.05, 0) is 43.7 Å². The summed E-state index contributed by atoms with van der Waals surface area (Å²) in [4.78, 5) is 0. The van der Waals surface area contributed by atoms with E-state index in [9.17, 15) is 0 Å². The number of nitrogens with one attached hydrogen (secondary N) is 1. The molecule has 0 amide bonds. The van der Waals surface area contributed by atoms with E-state index in [-0.39, 0.29) is 0 Å². The van der Waals surface area contributed by atoms with Gasteiger partial charge < -0.3 is 9.88 Å². The number of rotatable bonds is 4. The molecule has 90 valence electrons. The summed E-state index contributed by atoms with van der Waals surface area (Å²) in [5, 5.41) is 3.69. The predicted octanol–water partition coefficient (Wildman–Crippen LogP) is 3.18. The Balaban J connectivity index is 1.84. The fraction of sp³-hybridized carbons (Fsp3) is 0.714. The molecule has 1 aromatic heterocycles. The molecule has 0 aliphatic heterocycles. The average molecular weight is 220 g/mol. The fourth-order valence-electron chi connectivity index (χ4n) is 2.78. The van der Waals surface area contributed by atoms with Crippen LogP contribution in [0.2, 0.25) is 0 Å². The summed E-state index contributed by atoms with van der Waals surface area (Å²) in [6.45, 7) is 9.04. The van der Waals surface area contributed by atoms with Crippen molar-refractivity contribution >= 4 is 0 Å². The number of nitrogens with zero attached hydrogens (tertiary/aromatic N) is 1. The molecule has 1 aliphatic rings. The highest BCUT2D eigenvalue weighted by Gasteiger charge is 2.30. The van der Waals surface area contributed by atoms with Crippen LogP contribution >= 0.6 is 0 Å². The van der Waals surface area contributed by atoms with Crippen molar-refractivity contribution in [2.75, 3.05) is 0 Å². The van der Waals surface area contributed by atoms with Gasteiger partial charge in [-0.15, -0.1) is 0 Å². The monoisotopic (exact) mass is 220 g/mol. The lowest BCUT2D eigenvalue weighted by molar-refractivity contribution is 0.363. The molecule has 2 heteroatoms. The molecule has 0 bridgehead atoms. The first-order valence-electron chi connectivity index (χ1n) is 6.48. The third-order valence-electron chi connectivity index (χ3n) is 3.80. The minimum atomic E-state index is 0.546. The van der Waals surface area contributed by atoms with Crippen molar-refractivity contribution in [1.82, 2.24) is 9.88 Å². The van der Waals surface area contributed by atoms with E-state index in [1.165, 1.54) is 25.0 Å². The highest BCUT2D eigenvalue weighted by Crippen LogP contribution is 2.36. The van der Waals surface area contributed by atoms with Crippen molar-refractivity contribution in [3.63, 3.8) is 0 Å². The van der Waals surface area contributed by atoms with Gasteiger partial charge in [0.1, 0.15) is 0 Å². The molecule has 1 N–H and O–H groups in total. The van der Waals surface area contributed by atoms with Gasteiger partial charge in [-0.1, -0.05) is 13.8 Å². The maximum atomic E-state index is 3.69. The summed E-state index contributed by atoms with van der Waals surface area (Å²) < 4.78 is 2.31. The van der Waals surface area contributed by atoms with Gasteiger partial charge in [0.05, 0.1) is 0 Å². The van der Waals surface area contributed by atoms with Gasteiger partial charge in [-0.3, -0.25) is 0 Å². The number of aromatic nitrogens is 1. The zero-order chi connectivity index (χ0) is 11.6. The van der Waals surface area contributed by atoms with Crippen molar-refractivity contribution in [3.05, 3.63) is 24.0 Å². The largest absolute Gasteiger partial charge is 0.351 e. The van der Waals surface area contributed by atoms with E-state index in [1.54, 1.807) is 0 Å². The van der Waals surface area contributed by atoms with E-state index in [4.69, 9.17) is 0 Å². The lowest BCUT2D eigenvalue weighted by Gasteiger charge is -2.18. The zero-order valence-electron chi connectivity index (χ0n) is 10.8. The van der Waals surface area contributed by atoms with Crippen molar-refractivity contribution in [3.8, 4) is 0 Å². The average Bonchev–Trinajstić information content (AvgIpc) is 2.81. The Labute approximate surface area is 99.0 Å². The molecular weight excluding hydrogens is 196 g/mol. The second kappa shape index (κ2) is 4.62. The predicted molar refractivity (Wildman–Crippen MR) is 68.4 cm³/mol. The standard InChI is InChI=1S/C14H24N2/c1-4-16-9-5-6-13(16)11-15-12-7-8-14(2,3)10-12/h5-6,9,12,15H,4,7-8,10-11H2,1-3H3. The van der Waals surface area contributed by atoms with Crippen LogP contribution in [0.4, 0.5) is 0 Å². The van der Waals surface area contributed by atoms with E-state index >= 15 is 0 Å². The molecule has 1 atom stereocenters. The summed E-state index contributed by atoms with van der Waals surface area (Å²) >= 11 is 0. The number of hydrogen-bond acceptors (Lipinski definition) is 1. The van der Waals surface area contributed by atoms with E-state index in [1.807, 2.05) is 0 Å². The highest BCUT2D eigenvalue weighted by molar-refractivity contribution is 5.07. The van der Waals surface area contributed by atoms with Gasteiger partial charge in [-0.25, -0.2) is 0 Å². The summed E-state index contributed by atoms with van der Waals surface area (Å²) in [7, 11) is 0. The molecule has 2 rings (SSSR count). The summed E-state index contributed by atoms with van der Waals surface area (Å²) in [6.07, 6.45) is 6.18. The normalized spacial score (nSPS) is 23.8. The lowest BCUT2D eigenvalue weighted by Crippen LogP contribution is -2.27. The van der Waals surface area contributed by atoms with Gasteiger partial charge in [0.2, 0.25) is 0 Å². The van der Waals surface area contributed by atoms with E-state index < -0.39 is 0 Å². The molecule has 1 aromatic rings. The van der Waals surface area contributed by atoms with Gasteiger partial charge in [0.15, 0.2) is 0 Å². The van der Waals surface area contributed by atoms with Crippen molar-refractivity contribution in [2.24, 2.45) is 5.41 Å². The van der Waals surface area contributed by atoms with E-state index in [0.717, 1.165) is 19.1 Å². The fourth-order valence-corrected chi connectivity index (χ4v) is 2.78.